The Balaban J connectivity index is 1.49. The number of likely N-dealkylation sites (N-methyl/N-ethyl adjacent to an activating group) is 1. The van der Waals surface area contributed by atoms with Gasteiger partial charge >= 0.3 is 0 Å². The SMILES string of the molecule is CN(CC(=O)N1CC[NH+](CC(=O)NC(C)(C)C)CC1)C(=O)c1n[nH]c2ccccc12. The average Bonchev–Trinajstić information content (AvgIpc) is 3.10. The molecule has 0 spiro atoms. The average molecular weight is 416 g/mol. The number of nitrogens with zero attached hydrogens (tertiary/aromatic N) is 3. The lowest BCUT2D eigenvalue weighted by Crippen LogP contribution is -3.16. The van der Waals surface area contributed by atoms with Crippen LogP contribution in [0.3, 0.4) is 0 Å². The summed E-state index contributed by atoms with van der Waals surface area (Å²) < 4.78 is 0. The number of hydrogen-bond donors (Lipinski definition) is 3. The van der Waals surface area contributed by atoms with Crippen molar-refractivity contribution in [3.05, 3.63) is 30.0 Å². The maximum absolute atomic E-state index is 12.7. The molecule has 0 unspecified atom stereocenters. The molecule has 1 fully saturated rings. The van der Waals surface area contributed by atoms with Gasteiger partial charge in [-0.25, -0.2) is 0 Å². The van der Waals surface area contributed by atoms with Crippen LogP contribution in [0.1, 0.15) is 31.3 Å². The number of piperazine rings is 1. The number of H-pyrrole nitrogens is 1. The molecule has 1 saturated heterocycles. The molecular weight excluding hydrogens is 384 g/mol. The number of benzene rings is 1. The molecule has 3 N–H and O–H groups in total. The van der Waals surface area contributed by atoms with Gasteiger partial charge in [0.05, 0.1) is 38.2 Å². The quantitative estimate of drug-likeness (QED) is 0.600. The molecule has 2 aromatic rings. The molecule has 0 bridgehead atoms. The highest BCUT2D eigenvalue weighted by atomic mass is 16.2. The summed E-state index contributed by atoms with van der Waals surface area (Å²) in [6, 6.07) is 7.41. The summed E-state index contributed by atoms with van der Waals surface area (Å²) in [4.78, 5) is 41.9. The molecule has 1 aromatic carbocycles. The Morgan fingerprint density at radius 2 is 1.87 bits per heavy atom. The van der Waals surface area contributed by atoms with Crippen LogP contribution in [0.4, 0.5) is 0 Å². The molecule has 3 amide bonds. The standard InChI is InChI=1S/C21H30N6O3/c1-21(2,3)22-17(28)13-26-9-11-27(12-10-26)18(29)14-25(4)20(30)19-15-7-5-6-8-16(15)23-24-19/h5-8H,9-14H2,1-4H3,(H,22,28)(H,23,24)/p+1. The summed E-state index contributed by atoms with van der Waals surface area (Å²) in [5.41, 5.74) is 0.862. The minimum absolute atomic E-state index is 0.000135. The van der Waals surface area contributed by atoms with Gasteiger partial charge in [-0.2, -0.15) is 5.10 Å². The molecule has 0 aliphatic carbocycles. The molecule has 2 heterocycles. The lowest BCUT2D eigenvalue weighted by Gasteiger charge is -2.33. The summed E-state index contributed by atoms with van der Waals surface area (Å²) in [5, 5.41) is 10.7. The summed E-state index contributed by atoms with van der Waals surface area (Å²) in [7, 11) is 1.61. The Bertz CT molecular complexity index is 924. The third-order valence-corrected chi connectivity index (χ3v) is 5.14. The molecule has 0 radical (unpaired) electrons. The zero-order valence-corrected chi connectivity index (χ0v) is 18.1. The monoisotopic (exact) mass is 415 g/mol. The number of fused-ring (bicyclic) bond motifs is 1. The molecule has 9 nitrogen and oxygen atoms in total. The van der Waals surface area contributed by atoms with Crippen molar-refractivity contribution in [1.82, 2.24) is 25.3 Å². The lowest BCUT2D eigenvalue weighted by molar-refractivity contribution is -0.896. The van der Waals surface area contributed by atoms with Crippen LogP contribution in [0.15, 0.2) is 24.3 Å². The van der Waals surface area contributed by atoms with Gasteiger partial charge in [-0.05, 0) is 26.8 Å². The second kappa shape index (κ2) is 8.83. The van der Waals surface area contributed by atoms with Crippen molar-refractivity contribution < 1.29 is 19.3 Å². The van der Waals surface area contributed by atoms with E-state index in [4.69, 9.17) is 0 Å². The number of aromatic amines is 1. The van der Waals surface area contributed by atoms with Crippen LogP contribution in [0.5, 0.6) is 0 Å². The van der Waals surface area contributed by atoms with E-state index in [0.717, 1.165) is 15.8 Å². The third-order valence-electron chi connectivity index (χ3n) is 5.14. The molecule has 1 aliphatic heterocycles. The van der Waals surface area contributed by atoms with E-state index < -0.39 is 0 Å². The van der Waals surface area contributed by atoms with E-state index in [1.165, 1.54) is 4.90 Å². The lowest BCUT2D eigenvalue weighted by atomic mass is 10.1. The second-order valence-corrected chi connectivity index (χ2v) is 8.88. The molecule has 9 heteroatoms. The number of carbonyl (C=O) groups is 3. The zero-order chi connectivity index (χ0) is 21.9. The fraction of sp³-hybridized carbons (Fsp3) is 0.524. The number of rotatable bonds is 5. The van der Waals surface area contributed by atoms with Crippen LogP contribution < -0.4 is 10.2 Å². The Hall–Kier alpha value is -2.94. The third kappa shape index (κ3) is 5.35. The fourth-order valence-electron chi connectivity index (χ4n) is 3.62. The van der Waals surface area contributed by atoms with Crippen molar-refractivity contribution in [2.75, 3.05) is 46.3 Å². The van der Waals surface area contributed by atoms with E-state index in [0.29, 0.717) is 38.4 Å². The highest BCUT2D eigenvalue weighted by Gasteiger charge is 2.28. The van der Waals surface area contributed by atoms with Crippen LogP contribution in [0.2, 0.25) is 0 Å². The highest BCUT2D eigenvalue weighted by molar-refractivity contribution is 6.05. The van der Waals surface area contributed by atoms with Gasteiger partial charge in [-0.15, -0.1) is 0 Å². The minimum atomic E-state index is -0.288. The van der Waals surface area contributed by atoms with E-state index in [1.807, 2.05) is 45.0 Å². The summed E-state index contributed by atoms with van der Waals surface area (Å²) in [5.74, 6) is -0.360. The predicted molar refractivity (Wildman–Crippen MR) is 113 cm³/mol. The van der Waals surface area contributed by atoms with Crippen molar-refractivity contribution in [2.24, 2.45) is 0 Å². The van der Waals surface area contributed by atoms with Crippen LogP contribution in [0, 0.1) is 0 Å². The van der Waals surface area contributed by atoms with Gasteiger partial charge < -0.3 is 20.0 Å². The maximum Gasteiger partial charge on any atom is 0.275 e. The normalized spacial score (nSPS) is 15.3. The van der Waals surface area contributed by atoms with Crippen LogP contribution in [-0.2, 0) is 9.59 Å². The van der Waals surface area contributed by atoms with Crippen LogP contribution >= 0.6 is 0 Å². The van der Waals surface area contributed by atoms with Gasteiger partial charge in [-0.3, -0.25) is 19.5 Å². The molecule has 0 atom stereocenters. The van der Waals surface area contributed by atoms with Crippen molar-refractivity contribution in [2.45, 2.75) is 26.3 Å². The number of quaternary nitrogens is 1. The Morgan fingerprint density at radius 1 is 1.20 bits per heavy atom. The number of amides is 3. The first-order valence-corrected chi connectivity index (χ1v) is 10.2. The second-order valence-electron chi connectivity index (χ2n) is 8.88. The molecule has 1 aromatic heterocycles. The summed E-state index contributed by atoms with van der Waals surface area (Å²) in [6.07, 6.45) is 0. The van der Waals surface area contributed by atoms with Crippen LogP contribution in [-0.4, -0.2) is 89.6 Å². The number of carbonyl (C=O) groups excluding carboxylic acids is 3. The Labute approximate surface area is 176 Å². The molecular formula is C21H31N6O3+. The fourth-order valence-corrected chi connectivity index (χ4v) is 3.62. The largest absolute Gasteiger partial charge is 0.347 e. The number of aromatic nitrogens is 2. The number of para-hydroxylation sites is 1. The van der Waals surface area contributed by atoms with Crippen molar-refractivity contribution in [1.29, 1.82) is 0 Å². The topological polar surface area (TPSA) is 103 Å². The summed E-state index contributed by atoms with van der Waals surface area (Å²) in [6.45, 7) is 8.86. The predicted octanol–water partition coefficient (Wildman–Crippen LogP) is -0.723. The first-order chi connectivity index (χ1) is 14.1. The molecule has 3 rings (SSSR count). The zero-order valence-electron chi connectivity index (χ0n) is 18.1. The van der Waals surface area contributed by atoms with Gasteiger partial charge in [0.15, 0.2) is 12.2 Å². The summed E-state index contributed by atoms with van der Waals surface area (Å²) >= 11 is 0. The first-order valence-electron chi connectivity index (χ1n) is 10.2. The van der Waals surface area contributed by atoms with Gasteiger partial charge in [0.1, 0.15) is 0 Å². The van der Waals surface area contributed by atoms with Crippen molar-refractivity contribution >= 4 is 28.6 Å². The van der Waals surface area contributed by atoms with E-state index >= 15 is 0 Å². The van der Waals surface area contributed by atoms with Gasteiger partial charge in [-0.1, -0.05) is 18.2 Å². The molecule has 0 saturated carbocycles. The molecule has 1 aliphatic rings. The van der Waals surface area contributed by atoms with E-state index in [9.17, 15) is 14.4 Å². The van der Waals surface area contributed by atoms with Gasteiger partial charge in [0.2, 0.25) is 5.91 Å². The number of nitrogens with one attached hydrogen (secondary N) is 3. The Morgan fingerprint density at radius 3 is 2.53 bits per heavy atom. The highest BCUT2D eigenvalue weighted by Crippen LogP contribution is 2.16. The molecule has 162 valence electrons. The van der Waals surface area contributed by atoms with E-state index in [2.05, 4.69) is 15.5 Å². The van der Waals surface area contributed by atoms with E-state index in [-0.39, 0.29) is 29.8 Å². The van der Waals surface area contributed by atoms with Crippen molar-refractivity contribution in [3.63, 3.8) is 0 Å². The van der Waals surface area contributed by atoms with E-state index in [1.54, 1.807) is 11.9 Å². The first kappa shape index (κ1) is 21.8. The maximum atomic E-state index is 12.7. The van der Waals surface area contributed by atoms with Gasteiger partial charge in [0, 0.05) is 18.0 Å². The molecule has 30 heavy (non-hydrogen) atoms. The minimum Gasteiger partial charge on any atom is -0.347 e. The Kier molecular flexibility index (Phi) is 6.40. The smallest absolute Gasteiger partial charge is 0.275 e. The van der Waals surface area contributed by atoms with Gasteiger partial charge in [0.25, 0.3) is 11.8 Å². The van der Waals surface area contributed by atoms with Crippen molar-refractivity contribution in [3.8, 4) is 0 Å². The number of hydrogen-bond acceptors (Lipinski definition) is 4. The van der Waals surface area contributed by atoms with Crippen LogP contribution in [0.25, 0.3) is 10.9 Å².